The van der Waals surface area contributed by atoms with Gasteiger partial charge in [-0.3, -0.25) is 0 Å². The van der Waals surface area contributed by atoms with Gasteiger partial charge in [0, 0.05) is 13.7 Å². The van der Waals surface area contributed by atoms with E-state index in [0.717, 1.165) is 19.5 Å². The standard InChI is InChI=1S/C13H27NO4/c1-13(4-3-5-14-12-13)18-11-10-17-9-8-16-7-6-15-2/h14H,3-12H2,1-2H3. The Morgan fingerprint density at radius 3 is 2.28 bits per heavy atom. The highest BCUT2D eigenvalue weighted by Crippen LogP contribution is 2.19. The van der Waals surface area contributed by atoms with E-state index in [1.807, 2.05) is 0 Å². The zero-order chi connectivity index (χ0) is 13.1. The van der Waals surface area contributed by atoms with Crippen LogP contribution in [-0.2, 0) is 18.9 Å². The van der Waals surface area contributed by atoms with Crippen molar-refractivity contribution in [3.05, 3.63) is 0 Å². The lowest BCUT2D eigenvalue weighted by Crippen LogP contribution is -2.45. The van der Waals surface area contributed by atoms with Gasteiger partial charge in [0.15, 0.2) is 0 Å². The van der Waals surface area contributed by atoms with Gasteiger partial charge in [-0.25, -0.2) is 0 Å². The zero-order valence-corrected chi connectivity index (χ0v) is 11.7. The van der Waals surface area contributed by atoms with E-state index in [1.54, 1.807) is 7.11 Å². The highest BCUT2D eigenvalue weighted by Gasteiger charge is 2.26. The van der Waals surface area contributed by atoms with Gasteiger partial charge >= 0.3 is 0 Å². The fourth-order valence-corrected chi connectivity index (χ4v) is 1.96. The molecule has 0 spiro atoms. The Kier molecular flexibility index (Phi) is 8.54. The van der Waals surface area contributed by atoms with Gasteiger partial charge in [-0.1, -0.05) is 0 Å². The molecule has 1 N–H and O–H groups in total. The lowest BCUT2D eigenvalue weighted by atomic mass is 9.96. The molecule has 0 aromatic rings. The molecule has 1 aliphatic rings. The average Bonchev–Trinajstić information content (AvgIpc) is 2.38. The predicted octanol–water partition coefficient (Wildman–Crippen LogP) is 0.825. The second-order valence-corrected chi connectivity index (χ2v) is 4.80. The molecule has 0 radical (unpaired) electrons. The number of hydrogen-bond acceptors (Lipinski definition) is 5. The Hall–Kier alpha value is -0.200. The molecule has 5 nitrogen and oxygen atoms in total. The number of piperidine rings is 1. The molecule has 1 saturated heterocycles. The molecule has 18 heavy (non-hydrogen) atoms. The molecule has 1 aliphatic heterocycles. The van der Waals surface area contributed by atoms with Crippen molar-refractivity contribution in [3.8, 4) is 0 Å². The summed E-state index contributed by atoms with van der Waals surface area (Å²) >= 11 is 0. The van der Waals surface area contributed by atoms with E-state index in [1.165, 1.54) is 6.42 Å². The first-order chi connectivity index (χ1) is 8.77. The lowest BCUT2D eigenvalue weighted by Gasteiger charge is -2.34. The normalized spacial score (nSPS) is 24.3. The molecule has 0 aliphatic carbocycles. The van der Waals surface area contributed by atoms with Gasteiger partial charge in [0.05, 0.1) is 45.2 Å². The van der Waals surface area contributed by atoms with E-state index in [0.29, 0.717) is 39.6 Å². The first-order valence-electron chi connectivity index (χ1n) is 6.76. The van der Waals surface area contributed by atoms with E-state index >= 15 is 0 Å². The van der Waals surface area contributed by atoms with Crippen molar-refractivity contribution in [2.75, 3.05) is 59.8 Å². The first-order valence-corrected chi connectivity index (χ1v) is 6.76. The highest BCUT2D eigenvalue weighted by molar-refractivity contribution is 4.82. The summed E-state index contributed by atoms with van der Waals surface area (Å²) in [4.78, 5) is 0. The van der Waals surface area contributed by atoms with E-state index in [2.05, 4.69) is 12.2 Å². The molecule has 0 aromatic carbocycles. The largest absolute Gasteiger partial charge is 0.382 e. The lowest BCUT2D eigenvalue weighted by molar-refractivity contribution is -0.0725. The quantitative estimate of drug-likeness (QED) is 0.590. The van der Waals surface area contributed by atoms with Crippen molar-refractivity contribution in [3.63, 3.8) is 0 Å². The molecule has 1 atom stereocenters. The van der Waals surface area contributed by atoms with E-state index in [-0.39, 0.29) is 5.60 Å². The van der Waals surface area contributed by atoms with Crippen LogP contribution in [0, 0.1) is 0 Å². The molecule has 5 heteroatoms. The number of rotatable bonds is 10. The fourth-order valence-electron chi connectivity index (χ4n) is 1.96. The molecule has 1 heterocycles. The van der Waals surface area contributed by atoms with Crippen LogP contribution in [-0.4, -0.2) is 65.4 Å². The molecule has 0 saturated carbocycles. The topological polar surface area (TPSA) is 49.0 Å². The van der Waals surface area contributed by atoms with Crippen molar-refractivity contribution in [1.82, 2.24) is 5.32 Å². The van der Waals surface area contributed by atoms with Gasteiger partial charge in [0.2, 0.25) is 0 Å². The predicted molar refractivity (Wildman–Crippen MR) is 70.0 cm³/mol. The highest BCUT2D eigenvalue weighted by atomic mass is 16.6. The summed E-state index contributed by atoms with van der Waals surface area (Å²) in [5.41, 5.74) is -0.0173. The van der Waals surface area contributed by atoms with E-state index in [4.69, 9.17) is 18.9 Å². The van der Waals surface area contributed by atoms with Crippen LogP contribution >= 0.6 is 0 Å². The molecule has 0 aromatic heterocycles. The number of methoxy groups -OCH3 is 1. The van der Waals surface area contributed by atoms with Gasteiger partial charge in [0.25, 0.3) is 0 Å². The molecule has 1 fully saturated rings. The summed E-state index contributed by atoms with van der Waals surface area (Å²) in [5, 5.41) is 3.36. The Morgan fingerprint density at radius 2 is 1.67 bits per heavy atom. The van der Waals surface area contributed by atoms with Crippen LogP contribution < -0.4 is 5.32 Å². The van der Waals surface area contributed by atoms with Crippen molar-refractivity contribution in [1.29, 1.82) is 0 Å². The van der Waals surface area contributed by atoms with Crippen molar-refractivity contribution >= 4 is 0 Å². The van der Waals surface area contributed by atoms with E-state index in [9.17, 15) is 0 Å². The summed E-state index contributed by atoms with van der Waals surface area (Å²) in [5.74, 6) is 0. The van der Waals surface area contributed by atoms with Crippen LogP contribution in [0.15, 0.2) is 0 Å². The van der Waals surface area contributed by atoms with Crippen LogP contribution in [0.2, 0.25) is 0 Å². The van der Waals surface area contributed by atoms with Crippen molar-refractivity contribution in [2.45, 2.75) is 25.4 Å². The average molecular weight is 261 g/mol. The third kappa shape index (κ3) is 7.28. The summed E-state index contributed by atoms with van der Waals surface area (Å²) in [6.45, 7) is 7.96. The van der Waals surface area contributed by atoms with Gasteiger partial charge in [0.1, 0.15) is 0 Å². The van der Waals surface area contributed by atoms with Crippen LogP contribution in [0.4, 0.5) is 0 Å². The SMILES string of the molecule is COCCOCCOCCOC1(C)CCCNC1. The second-order valence-electron chi connectivity index (χ2n) is 4.80. The van der Waals surface area contributed by atoms with E-state index < -0.39 is 0 Å². The number of nitrogens with one attached hydrogen (secondary N) is 1. The molecule has 0 bridgehead atoms. The summed E-state index contributed by atoms with van der Waals surface area (Å²) < 4.78 is 21.5. The molecule has 0 amide bonds. The zero-order valence-electron chi connectivity index (χ0n) is 11.7. The Balaban J connectivity index is 1.86. The second kappa shape index (κ2) is 9.69. The minimum Gasteiger partial charge on any atom is -0.382 e. The molecule has 1 unspecified atom stereocenters. The Morgan fingerprint density at radius 1 is 1.00 bits per heavy atom. The number of hydrogen-bond donors (Lipinski definition) is 1. The van der Waals surface area contributed by atoms with Gasteiger partial charge in [-0.05, 0) is 26.3 Å². The van der Waals surface area contributed by atoms with Gasteiger partial charge in [-0.15, -0.1) is 0 Å². The maximum atomic E-state index is 5.87. The molecular weight excluding hydrogens is 234 g/mol. The van der Waals surface area contributed by atoms with Crippen LogP contribution in [0.3, 0.4) is 0 Å². The van der Waals surface area contributed by atoms with Gasteiger partial charge in [-0.2, -0.15) is 0 Å². The van der Waals surface area contributed by atoms with Crippen molar-refractivity contribution in [2.24, 2.45) is 0 Å². The maximum Gasteiger partial charge on any atom is 0.0779 e. The van der Waals surface area contributed by atoms with Crippen LogP contribution in [0.5, 0.6) is 0 Å². The monoisotopic (exact) mass is 261 g/mol. The molecule has 1 rings (SSSR count). The van der Waals surface area contributed by atoms with Crippen LogP contribution in [0.1, 0.15) is 19.8 Å². The third-order valence-electron chi connectivity index (χ3n) is 3.04. The smallest absolute Gasteiger partial charge is 0.0779 e. The maximum absolute atomic E-state index is 5.87. The third-order valence-corrected chi connectivity index (χ3v) is 3.04. The number of ether oxygens (including phenoxy) is 4. The fraction of sp³-hybridized carbons (Fsp3) is 1.00. The first kappa shape index (κ1) is 15.9. The minimum atomic E-state index is -0.0173. The Bertz CT molecular complexity index is 195. The molecule has 108 valence electrons. The molecular formula is C13H27NO4. The Labute approximate surface area is 110 Å². The van der Waals surface area contributed by atoms with Crippen molar-refractivity contribution < 1.29 is 18.9 Å². The van der Waals surface area contributed by atoms with Gasteiger partial charge < -0.3 is 24.3 Å². The summed E-state index contributed by atoms with van der Waals surface area (Å²) in [6, 6.07) is 0. The summed E-state index contributed by atoms with van der Waals surface area (Å²) in [7, 11) is 1.66. The van der Waals surface area contributed by atoms with Crippen LogP contribution in [0.25, 0.3) is 0 Å². The minimum absolute atomic E-state index is 0.0173. The summed E-state index contributed by atoms with van der Waals surface area (Å²) in [6.07, 6.45) is 2.31.